The predicted octanol–water partition coefficient (Wildman–Crippen LogP) is 1.16. The molecule has 1 unspecified atom stereocenters. The number of aliphatic hydroxyl groups excluding tert-OH is 1. The van der Waals surface area contributed by atoms with Crippen molar-refractivity contribution >= 4 is 33.3 Å². The summed E-state index contributed by atoms with van der Waals surface area (Å²) in [5.74, 6) is -1.07. The zero-order chi connectivity index (χ0) is 13.8. The predicted molar refractivity (Wildman–Crippen MR) is 72.2 cm³/mol. The summed E-state index contributed by atoms with van der Waals surface area (Å²) in [5, 5.41) is 12.5. The Labute approximate surface area is 113 Å². The number of fused-ring (bicyclic) bond motifs is 1. The Morgan fingerprint density at radius 1 is 1.42 bits per heavy atom. The average Bonchev–Trinajstić information content (AvgIpc) is 2.87. The van der Waals surface area contributed by atoms with Gasteiger partial charge >= 0.3 is 5.97 Å². The van der Waals surface area contributed by atoms with Gasteiger partial charge in [-0.25, -0.2) is 4.79 Å². The van der Waals surface area contributed by atoms with Crippen LogP contribution in [0.15, 0.2) is 30.3 Å². The first-order valence-corrected chi connectivity index (χ1v) is 6.45. The van der Waals surface area contributed by atoms with Crippen LogP contribution >= 0.6 is 11.3 Å². The molecule has 0 fully saturated rings. The maximum Gasteiger partial charge on any atom is 0.330 e. The Bertz CT molecular complexity index is 574. The van der Waals surface area contributed by atoms with E-state index in [1.165, 1.54) is 18.4 Å². The number of carbonyl (C=O) groups is 2. The molecule has 0 saturated heterocycles. The van der Waals surface area contributed by atoms with Gasteiger partial charge in [-0.2, -0.15) is 0 Å². The molecular formula is C13H13NO4S. The lowest BCUT2D eigenvalue weighted by Crippen LogP contribution is -2.43. The Morgan fingerprint density at radius 3 is 2.79 bits per heavy atom. The fourth-order valence-electron chi connectivity index (χ4n) is 1.64. The first kappa shape index (κ1) is 13.5. The van der Waals surface area contributed by atoms with Crippen LogP contribution < -0.4 is 5.32 Å². The molecule has 1 atom stereocenters. The third-order valence-electron chi connectivity index (χ3n) is 2.62. The van der Waals surface area contributed by atoms with Gasteiger partial charge in [0.15, 0.2) is 6.04 Å². The minimum Gasteiger partial charge on any atom is -0.467 e. The molecule has 1 amide bonds. The number of hydrogen-bond acceptors (Lipinski definition) is 5. The highest BCUT2D eigenvalue weighted by molar-refractivity contribution is 7.20. The van der Waals surface area contributed by atoms with Gasteiger partial charge in [-0.05, 0) is 17.5 Å². The first-order valence-electron chi connectivity index (χ1n) is 5.64. The van der Waals surface area contributed by atoms with Crippen molar-refractivity contribution in [2.75, 3.05) is 13.7 Å². The van der Waals surface area contributed by atoms with E-state index in [0.717, 1.165) is 10.1 Å². The molecule has 1 heterocycles. The van der Waals surface area contributed by atoms with Gasteiger partial charge in [0.2, 0.25) is 0 Å². The van der Waals surface area contributed by atoms with Crippen LogP contribution in [0.4, 0.5) is 0 Å². The fraction of sp³-hybridized carbons (Fsp3) is 0.231. The number of aliphatic hydroxyl groups is 1. The van der Waals surface area contributed by atoms with Gasteiger partial charge in [-0.3, -0.25) is 4.79 Å². The second kappa shape index (κ2) is 5.81. The van der Waals surface area contributed by atoms with Crippen molar-refractivity contribution in [1.82, 2.24) is 5.32 Å². The number of esters is 1. The molecule has 0 saturated carbocycles. The molecule has 2 aromatic rings. The fourth-order valence-corrected chi connectivity index (χ4v) is 2.61. The number of carbonyl (C=O) groups excluding carboxylic acids is 2. The lowest BCUT2D eigenvalue weighted by atomic mass is 10.2. The number of nitrogens with one attached hydrogen (secondary N) is 1. The van der Waals surface area contributed by atoms with Gasteiger partial charge in [-0.1, -0.05) is 18.2 Å². The van der Waals surface area contributed by atoms with Gasteiger partial charge < -0.3 is 15.2 Å². The molecule has 1 aromatic carbocycles. The van der Waals surface area contributed by atoms with Crippen molar-refractivity contribution in [3.63, 3.8) is 0 Å². The first-order chi connectivity index (χ1) is 9.15. The standard InChI is InChI=1S/C13H13NO4S/c1-18-13(17)9(7-15)14-12(16)11-6-8-4-2-3-5-10(8)19-11/h2-6,9,15H,7H2,1H3,(H,14,16). The number of ether oxygens (including phenoxy) is 1. The molecule has 19 heavy (non-hydrogen) atoms. The van der Waals surface area contributed by atoms with Crippen molar-refractivity contribution in [2.45, 2.75) is 6.04 Å². The van der Waals surface area contributed by atoms with Gasteiger partial charge in [0.25, 0.3) is 5.91 Å². The largest absolute Gasteiger partial charge is 0.467 e. The number of hydrogen-bond donors (Lipinski definition) is 2. The average molecular weight is 279 g/mol. The Kier molecular flexibility index (Phi) is 4.13. The van der Waals surface area contributed by atoms with Crippen LogP contribution in [0, 0.1) is 0 Å². The minimum atomic E-state index is -1.04. The Balaban J connectivity index is 2.17. The van der Waals surface area contributed by atoms with Gasteiger partial charge in [0.05, 0.1) is 18.6 Å². The van der Waals surface area contributed by atoms with Crippen LogP contribution in [-0.2, 0) is 9.53 Å². The minimum absolute atomic E-state index is 0.398. The molecule has 0 aliphatic heterocycles. The molecule has 1 aromatic heterocycles. The summed E-state index contributed by atoms with van der Waals surface area (Å²) < 4.78 is 5.48. The summed E-state index contributed by atoms with van der Waals surface area (Å²) in [7, 11) is 1.20. The zero-order valence-corrected chi connectivity index (χ0v) is 11.1. The second-order valence-electron chi connectivity index (χ2n) is 3.88. The monoisotopic (exact) mass is 279 g/mol. The van der Waals surface area contributed by atoms with E-state index in [9.17, 15) is 9.59 Å². The lowest BCUT2D eigenvalue weighted by molar-refractivity contribution is -0.143. The van der Waals surface area contributed by atoms with Gasteiger partial charge in [0.1, 0.15) is 0 Å². The molecule has 0 bridgehead atoms. The topological polar surface area (TPSA) is 75.6 Å². The molecule has 2 N–H and O–H groups in total. The summed E-state index contributed by atoms with van der Waals surface area (Å²) >= 11 is 1.33. The Hall–Kier alpha value is -1.92. The van der Waals surface area contributed by atoms with Crippen molar-refractivity contribution < 1.29 is 19.4 Å². The highest BCUT2D eigenvalue weighted by Crippen LogP contribution is 2.25. The van der Waals surface area contributed by atoms with Crippen LogP contribution in [0.5, 0.6) is 0 Å². The summed E-state index contributed by atoms with van der Waals surface area (Å²) in [6.07, 6.45) is 0. The van der Waals surface area contributed by atoms with E-state index >= 15 is 0 Å². The molecule has 0 aliphatic carbocycles. The van der Waals surface area contributed by atoms with E-state index in [1.807, 2.05) is 24.3 Å². The van der Waals surface area contributed by atoms with Crippen LogP contribution in [0.25, 0.3) is 10.1 Å². The van der Waals surface area contributed by atoms with Crippen LogP contribution in [0.3, 0.4) is 0 Å². The zero-order valence-electron chi connectivity index (χ0n) is 10.3. The molecule has 6 heteroatoms. The van der Waals surface area contributed by atoms with E-state index in [0.29, 0.717) is 4.88 Å². The lowest BCUT2D eigenvalue weighted by Gasteiger charge is -2.12. The second-order valence-corrected chi connectivity index (χ2v) is 4.96. The smallest absolute Gasteiger partial charge is 0.330 e. The Morgan fingerprint density at radius 2 is 2.16 bits per heavy atom. The van der Waals surface area contributed by atoms with Crippen LogP contribution in [0.1, 0.15) is 9.67 Å². The molecule has 2 rings (SSSR count). The summed E-state index contributed by atoms with van der Waals surface area (Å²) in [6, 6.07) is 8.32. The normalized spacial score (nSPS) is 12.1. The van der Waals surface area contributed by atoms with Gasteiger partial charge in [0, 0.05) is 4.70 Å². The number of methoxy groups -OCH3 is 1. The van der Waals surface area contributed by atoms with Crippen LogP contribution in [0.2, 0.25) is 0 Å². The molecule has 0 aliphatic rings. The summed E-state index contributed by atoms with van der Waals surface area (Å²) in [5.41, 5.74) is 0. The van der Waals surface area contributed by atoms with Gasteiger partial charge in [-0.15, -0.1) is 11.3 Å². The molecule has 0 spiro atoms. The van der Waals surface area contributed by atoms with Crippen molar-refractivity contribution in [2.24, 2.45) is 0 Å². The SMILES string of the molecule is COC(=O)C(CO)NC(=O)c1cc2ccccc2s1. The number of thiophene rings is 1. The van der Waals surface area contributed by atoms with Crippen molar-refractivity contribution in [3.8, 4) is 0 Å². The van der Waals surface area contributed by atoms with Crippen LogP contribution in [-0.4, -0.2) is 36.7 Å². The van der Waals surface area contributed by atoms with Crippen molar-refractivity contribution in [1.29, 1.82) is 0 Å². The van der Waals surface area contributed by atoms with Crippen molar-refractivity contribution in [3.05, 3.63) is 35.2 Å². The molecule has 5 nitrogen and oxygen atoms in total. The van der Waals surface area contributed by atoms with E-state index in [1.54, 1.807) is 6.07 Å². The maximum absolute atomic E-state index is 12.0. The molecule has 0 radical (unpaired) electrons. The maximum atomic E-state index is 12.0. The number of amides is 1. The molecular weight excluding hydrogens is 266 g/mol. The number of rotatable bonds is 4. The third-order valence-corrected chi connectivity index (χ3v) is 3.74. The summed E-state index contributed by atoms with van der Waals surface area (Å²) in [4.78, 5) is 23.8. The highest BCUT2D eigenvalue weighted by atomic mass is 32.1. The molecule has 100 valence electrons. The van der Waals surface area contributed by atoms with E-state index in [2.05, 4.69) is 10.1 Å². The highest BCUT2D eigenvalue weighted by Gasteiger charge is 2.22. The summed E-state index contributed by atoms with van der Waals surface area (Å²) in [6.45, 7) is -0.497. The third kappa shape index (κ3) is 2.91. The van der Waals surface area contributed by atoms with E-state index in [-0.39, 0.29) is 0 Å². The number of benzene rings is 1. The van der Waals surface area contributed by atoms with E-state index in [4.69, 9.17) is 5.11 Å². The van der Waals surface area contributed by atoms with E-state index < -0.39 is 24.5 Å². The quantitative estimate of drug-likeness (QED) is 0.824.